The van der Waals surface area contributed by atoms with Crippen LogP contribution in [-0.4, -0.2) is 87.7 Å². The molecule has 4 amide bonds. The number of aromatic nitrogens is 1. The third kappa shape index (κ3) is 8.14. The van der Waals surface area contributed by atoms with Crippen molar-refractivity contribution in [1.82, 2.24) is 19.3 Å². The second-order valence-electron chi connectivity index (χ2n) is 16.2. The first-order chi connectivity index (χ1) is 29.7. The number of hydrogen-bond acceptors (Lipinski definition) is 6. The fourth-order valence-corrected chi connectivity index (χ4v) is 8.98. The molecule has 0 bridgehead atoms. The van der Waals surface area contributed by atoms with Crippen molar-refractivity contribution in [2.75, 3.05) is 49.6 Å². The third-order valence-electron chi connectivity index (χ3n) is 12.5. The largest absolute Gasteiger partial charge is 0.508 e. The van der Waals surface area contributed by atoms with Gasteiger partial charge in [-0.25, -0.2) is 4.79 Å². The molecular formula is C50H50N6O5. The molecule has 3 aliphatic rings. The molecule has 1 aromatic heterocycles. The summed E-state index contributed by atoms with van der Waals surface area (Å²) >= 11 is 0. The molecule has 1 saturated heterocycles. The van der Waals surface area contributed by atoms with Crippen LogP contribution in [0.2, 0.25) is 0 Å². The molecule has 61 heavy (non-hydrogen) atoms. The van der Waals surface area contributed by atoms with Crippen molar-refractivity contribution in [3.05, 3.63) is 166 Å². The Balaban J connectivity index is 1.13. The summed E-state index contributed by atoms with van der Waals surface area (Å²) in [5, 5.41) is 13.1. The van der Waals surface area contributed by atoms with Gasteiger partial charge in [0.2, 0.25) is 0 Å². The standard InChI is InChI=1S/C50H50N6O5/c1-34-44(49(59)56(40-15-7-4-8-16-40)41-17-19-43(57)20-18-41)30-47(52(34)2)45-28-36-21-22-54(50(60)51-39-13-5-3-6-14-39)31-38(36)29-46(45)48(58)55-32-37-12-10-9-11-35(37)27-42(55)33-53-23-25-61-26-24-53/h3-20,28-30,42,57H,21-27,31-33H2,1-2H3,(H,51,60)/t42-/m0/s1. The predicted octanol–water partition coefficient (Wildman–Crippen LogP) is 8.17. The molecule has 0 spiro atoms. The molecule has 0 radical (unpaired) electrons. The van der Waals surface area contributed by atoms with Crippen molar-refractivity contribution < 1.29 is 24.2 Å². The number of benzene rings is 5. The number of anilines is 3. The Morgan fingerprint density at radius 1 is 0.738 bits per heavy atom. The van der Waals surface area contributed by atoms with Crippen LogP contribution in [-0.2, 0) is 37.7 Å². The number of rotatable bonds is 8. The highest BCUT2D eigenvalue weighted by Gasteiger charge is 2.35. The molecule has 310 valence electrons. The lowest BCUT2D eigenvalue weighted by molar-refractivity contribution is 0.0193. The van der Waals surface area contributed by atoms with E-state index in [2.05, 4.69) is 34.5 Å². The Morgan fingerprint density at radius 2 is 1.41 bits per heavy atom. The minimum Gasteiger partial charge on any atom is -0.508 e. The number of nitrogens with zero attached hydrogens (tertiary/aromatic N) is 5. The second-order valence-corrected chi connectivity index (χ2v) is 16.2. The zero-order chi connectivity index (χ0) is 42.0. The van der Waals surface area contributed by atoms with Crippen LogP contribution in [0.3, 0.4) is 0 Å². The highest BCUT2D eigenvalue weighted by Crippen LogP contribution is 2.37. The zero-order valence-corrected chi connectivity index (χ0v) is 34.6. The van der Waals surface area contributed by atoms with Crippen LogP contribution >= 0.6 is 0 Å². The van der Waals surface area contributed by atoms with Gasteiger partial charge in [0.05, 0.1) is 18.8 Å². The minimum absolute atomic E-state index is 0.0745. The van der Waals surface area contributed by atoms with E-state index in [1.807, 2.05) is 102 Å². The van der Waals surface area contributed by atoms with E-state index in [4.69, 9.17) is 4.74 Å². The number of para-hydroxylation sites is 2. The first kappa shape index (κ1) is 39.8. The van der Waals surface area contributed by atoms with Gasteiger partial charge in [0.15, 0.2) is 0 Å². The van der Waals surface area contributed by atoms with Crippen molar-refractivity contribution in [3.8, 4) is 17.0 Å². The molecule has 5 aromatic carbocycles. The Morgan fingerprint density at radius 3 is 2.15 bits per heavy atom. The topological polar surface area (TPSA) is 111 Å². The van der Waals surface area contributed by atoms with E-state index < -0.39 is 0 Å². The summed E-state index contributed by atoms with van der Waals surface area (Å²) in [6.07, 6.45) is 1.34. The summed E-state index contributed by atoms with van der Waals surface area (Å²) in [4.78, 5) is 51.8. The van der Waals surface area contributed by atoms with Crippen LogP contribution in [0.4, 0.5) is 21.9 Å². The first-order valence-electron chi connectivity index (χ1n) is 21.0. The number of nitrogens with one attached hydrogen (secondary N) is 1. The van der Waals surface area contributed by atoms with Gasteiger partial charge in [-0.2, -0.15) is 0 Å². The first-order valence-corrected chi connectivity index (χ1v) is 21.0. The predicted molar refractivity (Wildman–Crippen MR) is 237 cm³/mol. The number of phenols is 1. The van der Waals surface area contributed by atoms with Crippen molar-refractivity contribution in [1.29, 1.82) is 0 Å². The molecule has 0 aliphatic carbocycles. The van der Waals surface area contributed by atoms with Crippen molar-refractivity contribution in [2.24, 2.45) is 7.05 Å². The van der Waals surface area contributed by atoms with Crippen LogP contribution in [0, 0.1) is 6.92 Å². The molecule has 6 aromatic rings. The van der Waals surface area contributed by atoms with Gasteiger partial charge in [0.25, 0.3) is 11.8 Å². The number of fused-ring (bicyclic) bond motifs is 2. The van der Waals surface area contributed by atoms with Crippen LogP contribution in [0.25, 0.3) is 11.3 Å². The van der Waals surface area contributed by atoms with Gasteiger partial charge in [-0.1, -0.05) is 60.7 Å². The summed E-state index contributed by atoms with van der Waals surface area (Å²) < 4.78 is 7.69. The van der Waals surface area contributed by atoms with E-state index in [0.717, 1.165) is 65.4 Å². The number of carbonyl (C=O) groups excluding carboxylic acids is 3. The number of ether oxygens (including phenoxy) is 1. The summed E-state index contributed by atoms with van der Waals surface area (Å²) in [5.41, 5.74) is 9.67. The molecule has 0 saturated carbocycles. The molecule has 2 N–H and O–H groups in total. The summed E-state index contributed by atoms with van der Waals surface area (Å²) in [5.74, 6) is -0.213. The highest BCUT2D eigenvalue weighted by atomic mass is 16.5. The third-order valence-corrected chi connectivity index (χ3v) is 12.5. The van der Waals surface area contributed by atoms with Crippen LogP contribution in [0.5, 0.6) is 5.75 Å². The summed E-state index contributed by atoms with van der Waals surface area (Å²) in [6, 6.07) is 39.6. The molecule has 11 nitrogen and oxygen atoms in total. The Bertz CT molecular complexity index is 2570. The number of hydrogen-bond donors (Lipinski definition) is 2. The number of urea groups is 1. The molecule has 1 atom stereocenters. The summed E-state index contributed by atoms with van der Waals surface area (Å²) in [6.45, 7) is 6.96. The van der Waals surface area contributed by atoms with Gasteiger partial charge in [-0.05, 0) is 109 Å². The van der Waals surface area contributed by atoms with Gasteiger partial charge in [0, 0.05) is 91.9 Å². The number of morpholine rings is 1. The second kappa shape index (κ2) is 17.1. The molecule has 0 unspecified atom stereocenters. The van der Waals surface area contributed by atoms with E-state index in [-0.39, 0.29) is 29.6 Å². The van der Waals surface area contributed by atoms with E-state index in [9.17, 15) is 14.7 Å². The minimum atomic E-state index is -0.236. The van der Waals surface area contributed by atoms with E-state index >= 15 is 4.79 Å². The Kier molecular flexibility index (Phi) is 11.2. The Hall–Kier alpha value is -6.69. The Labute approximate surface area is 356 Å². The van der Waals surface area contributed by atoms with Gasteiger partial charge in [0.1, 0.15) is 5.75 Å². The fourth-order valence-electron chi connectivity index (χ4n) is 8.98. The summed E-state index contributed by atoms with van der Waals surface area (Å²) in [7, 11) is 1.94. The lowest BCUT2D eigenvalue weighted by atomic mass is 9.89. The number of aromatic hydroxyl groups is 1. The molecule has 1 fully saturated rings. The van der Waals surface area contributed by atoms with E-state index in [0.29, 0.717) is 61.8 Å². The van der Waals surface area contributed by atoms with Crippen molar-refractivity contribution in [2.45, 2.75) is 38.9 Å². The maximum Gasteiger partial charge on any atom is 0.322 e. The molecule has 3 aliphatic heterocycles. The lowest BCUT2D eigenvalue weighted by Gasteiger charge is -2.41. The normalized spacial score (nSPS) is 16.4. The SMILES string of the molecule is Cc1c(C(=O)N(c2ccccc2)c2ccc(O)cc2)cc(-c2cc3c(cc2C(=O)N2Cc4ccccc4C[C@H]2CN2CCOCC2)CN(C(=O)Nc2ccccc2)CC3)n1C. The average molecular weight is 815 g/mol. The van der Waals surface area contributed by atoms with Gasteiger partial charge in [-0.15, -0.1) is 0 Å². The number of carbonyl (C=O) groups is 3. The van der Waals surface area contributed by atoms with Crippen LogP contribution < -0.4 is 10.2 Å². The number of phenolic OH excluding ortho intramolecular Hbond substituents is 1. The fraction of sp³-hybridized carbons (Fsp3) is 0.260. The van der Waals surface area contributed by atoms with Crippen molar-refractivity contribution in [3.63, 3.8) is 0 Å². The van der Waals surface area contributed by atoms with Crippen LogP contribution in [0.1, 0.15) is 48.7 Å². The maximum atomic E-state index is 15.5. The van der Waals surface area contributed by atoms with Crippen LogP contribution in [0.15, 0.2) is 127 Å². The quantitative estimate of drug-likeness (QED) is 0.161. The van der Waals surface area contributed by atoms with Gasteiger partial charge >= 0.3 is 6.03 Å². The lowest BCUT2D eigenvalue weighted by Crippen LogP contribution is -2.52. The van der Waals surface area contributed by atoms with E-state index in [1.54, 1.807) is 34.1 Å². The van der Waals surface area contributed by atoms with Gasteiger partial charge in [-0.3, -0.25) is 19.4 Å². The zero-order valence-electron chi connectivity index (χ0n) is 34.6. The highest BCUT2D eigenvalue weighted by molar-refractivity contribution is 6.12. The molecule has 9 rings (SSSR count). The average Bonchev–Trinajstić information content (AvgIpc) is 3.59. The maximum absolute atomic E-state index is 15.5. The van der Waals surface area contributed by atoms with Gasteiger partial charge < -0.3 is 29.5 Å². The molecular weight excluding hydrogens is 765 g/mol. The molecule has 4 heterocycles. The van der Waals surface area contributed by atoms with E-state index in [1.165, 1.54) is 5.56 Å². The number of amides is 4. The monoisotopic (exact) mass is 814 g/mol. The molecule has 11 heteroatoms. The smallest absolute Gasteiger partial charge is 0.322 e. The van der Waals surface area contributed by atoms with Crippen molar-refractivity contribution >= 4 is 34.9 Å².